The predicted molar refractivity (Wildman–Crippen MR) is 70.2 cm³/mol. The molecule has 2 rings (SSSR count). The van der Waals surface area contributed by atoms with Crippen molar-refractivity contribution in [3.05, 3.63) is 46.4 Å². The average Bonchev–Trinajstić information content (AvgIpc) is 2.80. The van der Waals surface area contributed by atoms with Gasteiger partial charge in [-0.15, -0.1) is 11.3 Å². The molecule has 1 aromatic carbocycles. The number of nitrogens with zero attached hydrogens (tertiary/aromatic N) is 1. The number of benzene rings is 1. The highest BCUT2D eigenvalue weighted by Gasteiger charge is 2.06. The maximum atomic E-state index is 5.82. The largest absolute Gasteiger partial charge is 0.488 e. The molecule has 90 valence electrons. The van der Waals surface area contributed by atoms with Crippen molar-refractivity contribution in [2.24, 2.45) is 5.73 Å². The number of hydrogen-bond donors (Lipinski definition) is 1. The van der Waals surface area contributed by atoms with Gasteiger partial charge >= 0.3 is 0 Å². The van der Waals surface area contributed by atoms with Gasteiger partial charge in [-0.2, -0.15) is 0 Å². The lowest BCUT2D eigenvalue weighted by molar-refractivity contribution is 0.305. The van der Waals surface area contributed by atoms with E-state index in [0.29, 0.717) is 6.61 Å². The van der Waals surface area contributed by atoms with Crippen LogP contribution in [0.5, 0.6) is 5.75 Å². The zero-order valence-electron chi connectivity index (χ0n) is 9.80. The van der Waals surface area contributed by atoms with Crippen molar-refractivity contribution >= 4 is 11.3 Å². The quantitative estimate of drug-likeness (QED) is 0.884. The van der Waals surface area contributed by atoms with Crippen molar-refractivity contribution in [3.8, 4) is 5.75 Å². The Kier molecular flexibility index (Phi) is 4.12. The van der Waals surface area contributed by atoms with E-state index >= 15 is 0 Å². The Bertz CT molecular complexity index is 454. The molecule has 0 aliphatic rings. The summed E-state index contributed by atoms with van der Waals surface area (Å²) < 4.78 is 5.80. The first-order valence-corrected chi connectivity index (χ1v) is 6.47. The number of ether oxygens (including phenoxy) is 1. The molecule has 4 heteroatoms. The van der Waals surface area contributed by atoms with Crippen LogP contribution in [0.1, 0.15) is 17.4 Å². The smallest absolute Gasteiger partial charge is 0.124 e. The molecular weight excluding hydrogens is 232 g/mol. The Hall–Kier alpha value is -1.39. The summed E-state index contributed by atoms with van der Waals surface area (Å²) in [6.07, 6.45) is 2.66. The van der Waals surface area contributed by atoms with E-state index < -0.39 is 0 Å². The minimum atomic E-state index is 0.142. The fourth-order valence-corrected chi connectivity index (χ4v) is 2.13. The van der Waals surface area contributed by atoms with Gasteiger partial charge in [-0.05, 0) is 25.0 Å². The minimum Gasteiger partial charge on any atom is -0.488 e. The molecule has 0 radical (unpaired) electrons. The maximum Gasteiger partial charge on any atom is 0.124 e. The lowest BCUT2D eigenvalue weighted by atomic mass is 10.1. The Balaban J connectivity index is 2.04. The van der Waals surface area contributed by atoms with E-state index in [0.717, 1.165) is 22.6 Å². The zero-order valence-corrected chi connectivity index (χ0v) is 10.6. The zero-order chi connectivity index (χ0) is 12.1. The first-order valence-electron chi connectivity index (χ1n) is 5.59. The molecule has 1 atom stereocenters. The summed E-state index contributed by atoms with van der Waals surface area (Å²) in [5.41, 5.74) is 8.79. The molecule has 0 amide bonds. The number of hydrogen-bond acceptors (Lipinski definition) is 4. The molecule has 1 aromatic heterocycles. The molecule has 0 bridgehead atoms. The number of para-hydroxylation sites is 1. The van der Waals surface area contributed by atoms with Crippen molar-refractivity contribution < 1.29 is 4.74 Å². The van der Waals surface area contributed by atoms with Gasteiger partial charge < -0.3 is 10.5 Å². The number of thiazole rings is 1. The van der Waals surface area contributed by atoms with Crippen molar-refractivity contribution in [3.63, 3.8) is 0 Å². The second kappa shape index (κ2) is 5.80. The van der Waals surface area contributed by atoms with Gasteiger partial charge in [0.2, 0.25) is 0 Å². The van der Waals surface area contributed by atoms with Crippen LogP contribution in [0.3, 0.4) is 0 Å². The topological polar surface area (TPSA) is 48.1 Å². The molecular formula is C13H16N2OS. The third-order valence-electron chi connectivity index (χ3n) is 2.37. The van der Waals surface area contributed by atoms with Gasteiger partial charge in [0, 0.05) is 12.2 Å². The molecule has 0 saturated heterocycles. The molecule has 0 fully saturated rings. The van der Waals surface area contributed by atoms with Gasteiger partial charge in [-0.25, -0.2) is 0 Å². The molecule has 0 aliphatic heterocycles. The van der Waals surface area contributed by atoms with Crippen LogP contribution in [0.2, 0.25) is 0 Å². The van der Waals surface area contributed by atoms with Gasteiger partial charge in [-0.1, -0.05) is 18.2 Å². The molecule has 2 N–H and O–H groups in total. The SMILES string of the molecule is CC(N)Cc1ccccc1OCc1cncs1. The fraction of sp³-hybridized carbons (Fsp3) is 0.308. The van der Waals surface area contributed by atoms with Crippen LogP contribution >= 0.6 is 11.3 Å². The van der Waals surface area contributed by atoms with Crippen LogP contribution in [-0.2, 0) is 13.0 Å². The molecule has 0 saturated carbocycles. The van der Waals surface area contributed by atoms with E-state index in [4.69, 9.17) is 10.5 Å². The number of rotatable bonds is 5. The van der Waals surface area contributed by atoms with Gasteiger partial charge in [-0.3, -0.25) is 4.98 Å². The van der Waals surface area contributed by atoms with Crippen LogP contribution in [0.15, 0.2) is 36.0 Å². The Morgan fingerprint density at radius 1 is 1.41 bits per heavy atom. The summed E-state index contributed by atoms with van der Waals surface area (Å²) in [6.45, 7) is 2.57. The standard InChI is InChI=1S/C13H16N2OS/c1-10(14)6-11-4-2-3-5-13(11)16-8-12-7-15-9-17-12/h2-5,7,9-10H,6,8,14H2,1H3. The second-order valence-electron chi connectivity index (χ2n) is 4.05. The number of nitrogens with two attached hydrogens (primary N) is 1. The molecule has 3 nitrogen and oxygen atoms in total. The summed E-state index contributed by atoms with van der Waals surface area (Å²) >= 11 is 1.60. The van der Waals surface area contributed by atoms with E-state index in [1.165, 1.54) is 0 Å². The highest BCUT2D eigenvalue weighted by atomic mass is 32.1. The van der Waals surface area contributed by atoms with Crippen molar-refractivity contribution in [1.29, 1.82) is 0 Å². The van der Waals surface area contributed by atoms with Gasteiger partial charge in [0.15, 0.2) is 0 Å². The molecule has 0 aliphatic carbocycles. The monoisotopic (exact) mass is 248 g/mol. The van der Waals surface area contributed by atoms with Crippen molar-refractivity contribution in [2.45, 2.75) is 26.0 Å². The molecule has 17 heavy (non-hydrogen) atoms. The Labute approximate surface area is 105 Å². The summed E-state index contributed by atoms with van der Waals surface area (Å²) in [6, 6.07) is 8.18. The Morgan fingerprint density at radius 3 is 2.94 bits per heavy atom. The third-order valence-corrected chi connectivity index (χ3v) is 3.12. The first-order chi connectivity index (χ1) is 8.25. The van der Waals surface area contributed by atoms with Crippen LogP contribution < -0.4 is 10.5 Å². The fourth-order valence-electron chi connectivity index (χ4n) is 1.62. The molecule has 1 unspecified atom stereocenters. The molecule has 2 aromatic rings. The van der Waals surface area contributed by atoms with Crippen LogP contribution in [-0.4, -0.2) is 11.0 Å². The maximum absolute atomic E-state index is 5.82. The molecule has 1 heterocycles. The van der Waals surface area contributed by atoms with Crippen LogP contribution in [0.4, 0.5) is 0 Å². The summed E-state index contributed by atoms with van der Waals surface area (Å²) in [5, 5.41) is 0. The van der Waals surface area contributed by atoms with Gasteiger partial charge in [0.1, 0.15) is 12.4 Å². The highest BCUT2D eigenvalue weighted by Crippen LogP contribution is 2.21. The normalized spacial score (nSPS) is 12.4. The van der Waals surface area contributed by atoms with E-state index in [1.807, 2.05) is 36.8 Å². The lowest BCUT2D eigenvalue weighted by Gasteiger charge is -2.12. The predicted octanol–water partition coefficient (Wildman–Crippen LogP) is 2.61. The van der Waals surface area contributed by atoms with E-state index in [-0.39, 0.29) is 6.04 Å². The Morgan fingerprint density at radius 2 is 2.24 bits per heavy atom. The second-order valence-corrected chi connectivity index (χ2v) is 5.02. The van der Waals surface area contributed by atoms with E-state index in [9.17, 15) is 0 Å². The summed E-state index contributed by atoms with van der Waals surface area (Å²) in [4.78, 5) is 5.15. The average molecular weight is 248 g/mol. The summed E-state index contributed by atoms with van der Waals surface area (Å²) in [7, 11) is 0. The van der Waals surface area contributed by atoms with Gasteiger partial charge in [0.25, 0.3) is 0 Å². The molecule has 0 spiro atoms. The van der Waals surface area contributed by atoms with Crippen molar-refractivity contribution in [1.82, 2.24) is 4.98 Å². The highest BCUT2D eigenvalue weighted by molar-refractivity contribution is 7.09. The van der Waals surface area contributed by atoms with Crippen LogP contribution in [0, 0.1) is 0 Å². The van der Waals surface area contributed by atoms with Crippen LogP contribution in [0.25, 0.3) is 0 Å². The summed E-state index contributed by atoms with van der Waals surface area (Å²) in [5.74, 6) is 0.915. The van der Waals surface area contributed by atoms with E-state index in [2.05, 4.69) is 11.1 Å². The number of aromatic nitrogens is 1. The van der Waals surface area contributed by atoms with Crippen molar-refractivity contribution in [2.75, 3.05) is 0 Å². The third kappa shape index (κ3) is 3.54. The van der Waals surface area contributed by atoms with Gasteiger partial charge in [0.05, 0.1) is 10.4 Å². The first kappa shape index (κ1) is 12.1. The van der Waals surface area contributed by atoms with E-state index in [1.54, 1.807) is 11.3 Å². The lowest BCUT2D eigenvalue weighted by Crippen LogP contribution is -2.18. The minimum absolute atomic E-state index is 0.142.